The summed E-state index contributed by atoms with van der Waals surface area (Å²) in [5, 5.41) is 4.16. The zero-order chi connectivity index (χ0) is 18.5. The number of sulfone groups is 1. The zero-order valence-corrected chi connectivity index (χ0v) is 16.2. The molecule has 7 heteroatoms. The van der Waals surface area contributed by atoms with Crippen LogP contribution in [-0.4, -0.2) is 20.1 Å². The highest BCUT2D eigenvalue weighted by Crippen LogP contribution is 2.51. The molecule has 2 aromatic carbocycles. The fourth-order valence-electron chi connectivity index (χ4n) is 3.70. The van der Waals surface area contributed by atoms with E-state index in [4.69, 9.17) is 23.2 Å². The van der Waals surface area contributed by atoms with Crippen LogP contribution in [0.1, 0.15) is 36.3 Å². The number of carbonyl (C=O) groups excluding carboxylic acids is 1. The fraction of sp³-hybridized carbons (Fsp3) is 0.316. The molecule has 2 aliphatic rings. The minimum atomic E-state index is -3.32. The molecule has 1 N–H and O–H groups in total. The van der Waals surface area contributed by atoms with Crippen LogP contribution >= 0.6 is 23.2 Å². The Morgan fingerprint density at radius 2 is 1.69 bits per heavy atom. The Kier molecular flexibility index (Phi) is 4.29. The Labute approximate surface area is 162 Å². The van der Waals surface area contributed by atoms with E-state index in [1.807, 2.05) is 0 Å². The minimum Gasteiger partial charge on any atom is -0.346 e. The lowest BCUT2D eigenvalue weighted by Gasteiger charge is -2.28. The topological polar surface area (TPSA) is 63.2 Å². The Hall–Kier alpha value is -1.56. The number of carbonyl (C=O) groups is 1. The quantitative estimate of drug-likeness (QED) is 0.830. The molecular formula is C19H17Cl2NO3S. The highest BCUT2D eigenvalue weighted by atomic mass is 35.5. The molecule has 0 saturated heterocycles. The molecule has 1 fully saturated rings. The molecule has 1 unspecified atom stereocenters. The summed E-state index contributed by atoms with van der Waals surface area (Å²) in [6, 6.07) is 12.0. The molecule has 1 amide bonds. The van der Waals surface area contributed by atoms with Gasteiger partial charge in [-0.25, -0.2) is 8.42 Å². The largest absolute Gasteiger partial charge is 0.346 e. The number of hydrogen-bond donors (Lipinski definition) is 1. The van der Waals surface area contributed by atoms with Crippen molar-refractivity contribution in [3.05, 3.63) is 63.6 Å². The van der Waals surface area contributed by atoms with Crippen LogP contribution in [0.4, 0.5) is 0 Å². The van der Waals surface area contributed by atoms with Gasteiger partial charge in [-0.2, -0.15) is 0 Å². The average molecular weight is 410 g/mol. The van der Waals surface area contributed by atoms with Gasteiger partial charge in [-0.3, -0.25) is 4.79 Å². The van der Waals surface area contributed by atoms with Gasteiger partial charge in [-0.15, -0.1) is 0 Å². The molecule has 0 bridgehead atoms. The van der Waals surface area contributed by atoms with Gasteiger partial charge in [0.25, 0.3) is 0 Å². The van der Waals surface area contributed by atoms with E-state index in [0.717, 1.165) is 18.4 Å². The van der Waals surface area contributed by atoms with Gasteiger partial charge in [0.15, 0.2) is 9.84 Å². The summed E-state index contributed by atoms with van der Waals surface area (Å²) in [7, 11) is -3.32. The summed E-state index contributed by atoms with van der Waals surface area (Å²) in [6.45, 7) is 0. The predicted molar refractivity (Wildman–Crippen MR) is 101 cm³/mol. The third-order valence-corrected chi connectivity index (χ3v) is 7.62. The zero-order valence-electron chi connectivity index (χ0n) is 13.8. The van der Waals surface area contributed by atoms with Crippen LogP contribution in [0.5, 0.6) is 0 Å². The summed E-state index contributed by atoms with van der Waals surface area (Å²) in [4.78, 5) is 13.3. The first kappa shape index (κ1) is 17.8. The molecule has 1 aliphatic heterocycles. The smallest absolute Gasteiger partial charge is 0.228 e. The van der Waals surface area contributed by atoms with Crippen molar-refractivity contribution in [1.29, 1.82) is 0 Å². The van der Waals surface area contributed by atoms with Crippen LogP contribution in [0.25, 0.3) is 0 Å². The SMILES string of the molecule is O=C(NC1(c2c(Cl)cccc2Cl)CC1)C1CCS(=O)(=O)c2ccccc21. The first-order valence-corrected chi connectivity index (χ1v) is 10.8. The van der Waals surface area contributed by atoms with E-state index >= 15 is 0 Å². The van der Waals surface area contributed by atoms with E-state index in [0.29, 0.717) is 15.6 Å². The Bertz CT molecular complexity index is 979. The van der Waals surface area contributed by atoms with Gasteiger partial charge < -0.3 is 5.32 Å². The van der Waals surface area contributed by atoms with Crippen LogP contribution in [0.2, 0.25) is 10.0 Å². The molecule has 1 heterocycles. The van der Waals surface area contributed by atoms with Crippen molar-refractivity contribution in [2.45, 2.75) is 35.6 Å². The van der Waals surface area contributed by atoms with E-state index in [2.05, 4.69) is 5.32 Å². The van der Waals surface area contributed by atoms with Crippen LogP contribution in [0.3, 0.4) is 0 Å². The molecule has 1 atom stereocenters. The van der Waals surface area contributed by atoms with Crippen molar-refractivity contribution in [2.24, 2.45) is 0 Å². The van der Waals surface area contributed by atoms with Gasteiger partial charge in [0, 0.05) is 15.6 Å². The second-order valence-corrected chi connectivity index (χ2v) is 9.76. The normalized spacial score (nSPS) is 22.3. The van der Waals surface area contributed by atoms with Crippen molar-refractivity contribution >= 4 is 38.9 Å². The van der Waals surface area contributed by atoms with Gasteiger partial charge in [0.2, 0.25) is 5.91 Å². The lowest BCUT2D eigenvalue weighted by Crippen LogP contribution is -2.40. The molecule has 0 radical (unpaired) electrons. The van der Waals surface area contributed by atoms with Crippen molar-refractivity contribution in [3.63, 3.8) is 0 Å². The van der Waals surface area contributed by atoms with Gasteiger partial charge in [-0.1, -0.05) is 47.5 Å². The van der Waals surface area contributed by atoms with Gasteiger partial charge in [-0.05, 0) is 43.0 Å². The standard InChI is InChI=1S/C19H17Cl2NO3S/c20-14-5-3-6-15(21)17(14)19(9-10-19)22-18(23)13-8-11-26(24,25)16-7-2-1-4-12(13)16/h1-7,13H,8-11H2,(H,22,23). The molecule has 4 rings (SSSR count). The first-order chi connectivity index (χ1) is 12.3. The number of amides is 1. The third kappa shape index (κ3) is 2.92. The number of rotatable bonds is 3. The summed E-state index contributed by atoms with van der Waals surface area (Å²) >= 11 is 12.7. The van der Waals surface area contributed by atoms with E-state index in [9.17, 15) is 13.2 Å². The monoisotopic (exact) mass is 409 g/mol. The molecule has 0 spiro atoms. The molecule has 26 heavy (non-hydrogen) atoms. The molecule has 2 aromatic rings. The molecule has 136 valence electrons. The van der Waals surface area contributed by atoms with E-state index in [1.165, 1.54) is 0 Å². The lowest BCUT2D eigenvalue weighted by atomic mass is 9.93. The molecule has 1 saturated carbocycles. The second-order valence-electron chi connectivity index (χ2n) is 6.87. The maximum atomic E-state index is 13.0. The fourth-order valence-corrected chi connectivity index (χ4v) is 6.08. The van der Waals surface area contributed by atoms with Gasteiger partial charge in [0.05, 0.1) is 22.1 Å². The minimum absolute atomic E-state index is 0.0258. The van der Waals surface area contributed by atoms with E-state index in [1.54, 1.807) is 42.5 Å². The molecular weight excluding hydrogens is 393 g/mol. The predicted octanol–water partition coefficient (Wildman–Crippen LogP) is 4.06. The Balaban J connectivity index is 1.66. The number of nitrogens with one attached hydrogen (secondary N) is 1. The van der Waals surface area contributed by atoms with E-state index in [-0.39, 0.29) is 23.0 Å². The number of halogens is 2. The first-order valence-electron chi connectivity index (χ1n) is 8.42. The summed E-state index contributed by atoms with van der Waals surface area (Å²) in [5.74, 6) is -0.698. The average Bonchev–Trinajstić information content (AvgIpc) is 3.35. The maximum Gasteiger partial charge on any atom is 0.228 e. The van der Waals surface area contributed by atoms with Gasteiger partial charge >= 0.3 is 0 Å². The summed E-state index contributed by atoms with van der Waals surface area (Å²) in [5.41, 5.74) is 0.753. The van der Waals surface area contributed by atoms with Crippen molar-refractivity contribution < 1.29 is 13.2 Å². The molecule has 0 aromatic heterocycles. The lowest BCUT2D eigenvalue weighted by molar-refractivity contribution is -0.123. The summed E-state index contributed by atoms with van der Waals surface area (Å²) < 4.78 is 24.6. The maximum absolute atomic E-state index is 13.0. The molecule has 4 nitrogen and oxygen atoms in total. The van der Waals surface area contributed by atoms with Crippen molar-refractivity contribution in [1.82, 2.24) is 5.32 Å². The summed E-state index contributed by atoms with van der Waals surface area (Å²) in [6.07, 6.45) is 1.79. The van der Waals surface area contributed by atoms with E-state index < -0.39 is 21.3 Å². The van der Waals surface area contributed by atoms with Crippen LogP contribution in [0, 0.1) is 0 Å². The molecule has 1 aliphatic carbocycles. The number of benzene rings is 2. The highest BCUT2D eigenvalue weighted by molar-refractivity contribution is 7.91. The highest BCUT2D eigenvalue weighted by Gasteiger charge is 2.49. The van der Waals surface area contributed by atoms with Crippen LogP contribution in [-0.2, 0) is 20.2 Å². The Morgan fingerprint density at radius 1 is 1.04 bits per heavy atom. The van der Waals surface area contributed by atoms with Crippen LogP contribution < -0.4 is 5.32 Å². The van der Waals surface area contributed by atoms with Crippen molar-refractivity contribution in [2.75, 3.05) is 5.75 Å². The third-order valence-electron chi connectivity index (χ3n) is 5.18. The second kappa shape index (κ2) is 6.25. The Morgan fingerprint density at radius 3 is 2.35 bits per heavy atom. The van der Waals surface area contributed by atoms with Gasteiger partial charge in [0.1, 0.15) is 0 Å². The van der Waals surface area contributed by atoms with Crippen LogP contribution in [0.15, 0.2) is 47.4 Å². The number of hydrogen-bond acceptors (Lipinski definition) is 3. The van der Waals surface area contributed by atoms with Crippen molar-refractivity contribution in [3.8, 4) is 0 Å². The number of fused-ring (bicyclic) bond motifs is 1.